The van der Waals surface area contributed by atoms with Crippen LogP contribution in [-0.4, -0.2) is 16.2 Å². The van der Waals surface area contributed by atoms with Crippen LogP contribution in [0.15, 0.2) is 66.0 Å². The van der Waals surface area contributed by atoms with Gasteiger partial charge in [0.25, 0.3) is 0 Å². The lowest BCUT2D eigenvalue weighted by molar-refractivity contribution is 0.299. The molecule has 0 fully saturated rings. The Morgan fingerprint density at radius 3 is 2.62 bits per heavy atom. The molecule has 0 aliphatic carbocycles. The minimum Gasteiger partial charge on any atom is -0.493 e. The maximum Gasteiger partial charge on any atom is 0.122 e. The number of hydrogen-bond donors (Lipinski definition) is 0. The van der Waals surface area contributed by atoms with Crippen molar-refractivity contribution in [1.82, 2.24) is 9.55 Å². The number of imidazole rings is 1. The number of unbranched alkanes of at least 4 members (excludes halogenated alkanes) is 1. The number of aromatic nitrogens is 2. The molecule has 0 aliphatic heterocycles. The third kappa shape index (κ3) is 4.70. The molecule has 150 valence electrons. The van der Waals surface area contributed by atoms with Gasteiger partial charge in [-0.1, -0.05) is 50.2 Å². The summed E-state index contributed by atoms with van der Waals surface area (Å²) in [4.78, 5) is 6.26. The van der Waals surface area contributed by atoms with Crippen LogP contribution in [0.25, 0.3) is 11.0 Å². The average Bonchev–Trinajstić information content (AvgIpc) is 3.36. The molecule has 0 N–H and O–H groups in total. The topological polar surface area (TPSA) is 27.1 Å². The Labute approximate surface area is 177 Å². The molecule has 4 rings (SSSR count). The number of hydrogen-bond acceptors (Lipinski definition) is 3. The van der Waals surface area contributed by atoms with Crippen molar-refractivity contribution < 1.29 is 4.74 Å². The maximum atomic E-state index is 6.10. The molecular weight excluding hydrogens is 376 g/mol. The zero-order chi connectivity index (χ0) is 20.1. The molecule has 2 aromatic carbocycles. The predicted molar refractivity (Wildman–Crippen MR) is 122 cm³/mol. The molecule has 0 unspecified atom stereocenters. The zero-order valence-corrected chi connectivity index (χ0v) is 18.0. The van der Waals surface area contributed by atoms with Gasteiger partial charge >= 0.3 is 0 Å². The Morgan fingerprint density at radius 1 is 0.966 bits per heavy atom. The van der Waals surface area contributed by atoms with E-state index < -0.39 is 0 Å². The molecule has 4 heteroatoms. The van der Waals surface area contributed by atoms with E-state index in [0.29, 0.717) is 5.92 Å². The van der Waals surface area contributed by atoms with Gasteiger partial charge in [0.15, 0.2) is 0 Å². The van der Waals surface area contributed by atoms with Crippen molar-refractivity contribution in [2.24, 2.45) is 0 Å². The molecule has 0 radical (unpaired) electrons. The lowest BCUT2D eigenvalue weighted by Crippen LogP contribution is -2.07. The Kier molecular flexibility index (Phi) is 6.30. The molecule has 0 bridgehead atoms. The number of para-hydroxylation sites is 3. The van der Waals surface area contributed by atoms with Crippen LogP contribution in [0.1, 0.15) is 48.9 Å². The van der Waals surface area contributed by atoms with Gasteiger partial charge in [-0.05, 0) is 54.0 Å². The van der Waals surface area contributed by atoms with Gasteiger partial charge in [0.1, 0.15) is 11.6 Å². The first-order chi connectivity index (χ1) is 14.2. The Hall–Kier alpha value is -2.59. The fourth-order valence-electron chi connectivity index (χ4n) is 3.72. The van der Waals surface area contributed by atoms with Crippen LogP contribution in [0.3, 0.4) is 0 Å². The highest BCUT2D eigenvalue weighted by molar-refractivity contribution is 7.09. The Balaban J connectivity index is 1.39. The average molecular weight is 405 g/mol. The first-order valence-corrected chi connectivity index (χ1v) is 11.3. The fraction of sp³-hybridized carbons (Fsp3) is 0.320. The van der Waals surface area contributed by atoms with Crippen molar-refractivity contribution in [2.75, 3.05) is 6.61 Å². The number of nitrogens with zero attached hydrogens (tertiary/aromatic N) is 2. The van der Waals surface area contributed by atoms with Crippen molar-refractivity contribution in [3.63, 3.8) is 0 Å². The molecule has 3 nitrogen and oxygen atoms in total. The van der Waals surface area contributed by atoms with Crippen molar-refractivity contribution in [2.45, 2.75) is 45.6 Å². The number of ether oxygens (including phenoxy) is 1. The summed E-state index contributed by atoms with van der Waals surface area (Å²) in [7, 11) is 0. The van der Waals surface area contributed by atoms with E-state index in [4.69, 9.17) is 9.72 Å². The van der Waals surface area contributed by atoms with E-state index in [0.717, 1.165) is 49.5 Å². The number of thiophene rings is 1. The highest BCUT2D eigenvalue weighted by Gasteiger charge is 2.12. The van der Waals surface area contributed by atoms with Crippen molar-refractivity contribution in [3.8, 4) is 5.75 Å². The maximum absolute atomic E-state index is 6.10. The van der Waals surface area contributed by atoms with Gasteiger partial charge in [0.2, 0.25) is 0 Å². The van der Waals surface area contributed by atoms with E-state index in [-0.39, 0.29) is 0 Å². The van der Waals surface area contributed by atoms with Crippen LogP contribution in [0, 0.1) is 0 Å². The number of benzene rings is 2. The highest BCUT2D eigenvalue weighted by Crippen LogP contribution is 2.26. The third-order valence-electron chi connectivity index (χ3n) is 5.22. The van der Waals surface area contributed by atoms with E-state index in [1.807, 2.05) is 0 Å². The van der Waals surface area contributed by atoms with Gasteiger partial charge in [-0.15, -0.1) is 11.3 Å². The van der Waals surface area contributed by atoms with Crippen LogP contribution in [0.2, 0.25) is 0 Å². The highest BCUT2D eigenvalue weighted by atomic mass is 32.1. The minimum atomic E-state index is 0.475. The predicted octanol–water partition coefficient (Wildman–Crippen LogP) is 6.67. The second-order valence-corrected chi connectivity index (χ2v) is 8.70. The van der Waals surface area contributed by atoms with Crippen molar-refractivity contribution in [3.05, 3.63) is 82.3 Å². The first kappa shape index (κ1) is 19.7. The molecule has 4 aromatic rings. The summed E-state index contributed by atoms with van der Waals surface area (Å²) < 4.78 is 8.48. The van der Waals surface area contributed by atoms with Gasteiger partial charge < -0.3 is 9.30 Å². The molecule has 0 amide bonds. The molecule has 29 heavy (non-hydrogen) atoms. The summed E-state index contributed by atoms with van der Waals surface area (Å²) in [5.41, 5.74) is 3.60. The quantitative estimate of drug-likeness (QED) is 0.291. The Morgan fingerprint density at radius 2 is 1.79 bits per heavy atom. The van der Waals surface area contributed by atoms with Gasteiger partial charge in [0, 0.05) is 17.8 Å². The summed E-state index contributed by atoms with van der Waals surface area (Å²) >= 11 is 1.80. The van der Waals surface area contributed by atoms with E-state index in [9.17, 15) is 0 Å². The second-order valence-electron chi connectivity index (χ2n) is 7.67. The normalized spacial score (nSPS) is 11.4. The van der Waals surface area contributed by atoms with Gasteiger partial charge in [-0.2, -0.15) is 0 Å². The summed E-state index contributed by atoms with van der Waals surface area (Å²) in [5, 5.41) is 2.13. The molecular formula is C25H28N2OS. The molecule has 0 saturated carbocycles. The second kappa shape index (κ2) is 9.27. The van der Waals surface area contributed by atoms with Gasteiger partial charge in [0.05, 0.1) is 17.6 Å². The van der Waals surface area contributed by atoms with E-state index in [1.54, 1.807) is 11.3 Å². The van der Waals surface area contributed by atoms with Crippen molar-refractivity contribution in [1.29, 1.82) is 0 Å². The van der Waals surface area contributed by atoms with E-state index in [2.05, 4.69) is 84.5 Å². The van der Waals surface area contributed by atoms with Gasteiger partial charge in [-0.25, -0.2) is 4.98 Å². The standard InChI is InChI=1S/C25H28N2OS/c1-19(2)21-11-3-6-14-24(21)28-16-8-7-15-27-23-13-5-4-12-22(23)26-25(27)18-20-10-9-17-29-20/h3-6,9-14,17,19H,7-8,15-16,18H2,1-2H3. The molecule has 0 saturated heterocycles. The summed E-state index contributed by atoms with van der Waals surface area (Å²) in [6.07, 6.45) is 2.99. The molecule has 2 heterocycles. The Bertz CT molecular complexity index is 1050. The number of rotatable bonds is 9. The smallest absolute Gasteiger partial charge is 0.122 e. The summed E-state index contributed by atoms with van der Waals surface area (Å²) in [6.45, 7) is 6.13. The third-order valence-corrected chi connectivity index (χ3v) is 6.10. The molecule has 0 aliphatic rings. The first-order valence-electron chi connectivity index (χ1n) is 10.4. The zero-order valence-electron chi connectivity index (χ0n) is 17.2. The number of aryl methyl sites for hydroxylation is 1. The van der Waals surface area contributed by atoms with Crippen LogP contribution < -0.4 is 4.74 Å². The van der Waals surface area contributed by atoms with E-state index in [1.165, 1.54) is 16.0 Å². The fourth-order valence-corrected chi connectivity index (χ4v) is 4.42. The lowest BCUT2D eigenvalue weighted by Gasteiger charge is -2.14. The number of fused-ring (bicyclic) bond motifs is 1. The van der Waals surface area contributed by atoms with Crippen LogP contribution in [-0.2, 0) is 13.0 Å². The minimum absolute atomic E-state index is 0.475. The van der Waals surface area contributed by atoms with Crippen LogP contribution in [0.4, 0.5) is 0 Å². The largest absolute Gasteiger partial charge is 0.493 e. The SMILES string of the molecule is CC(C)c1ccccc1OCCCCn1c(Cc2cccs2)nc2ccccc21. The molecule has 2 aromatic heterocycles. The van der Waals surface area contributed by atoms with Gasteiger partial charge in [-0.3, -0.25) is 0 Å². The van der Waals surface area contributed by atoms with Crippen LogP contribution >= 0.6 is 11.3 Å². The van der Waals surface area contributed by atoms with Crippen LogP contribution in [0.5, 0.6) is 5.75 Å². The van der Waals surface area contributed by atoms with E-state index >= 15 is 0 Å². The molecule has 0 atom stereocenters. The molecule has 0 spiro atoms. The van der Waals surface area contributed by atoms with Crippen molar-refractivity contribution >= 4 is 22.4 Å². The summed E-state index contributed by atoms with van der Waals surface area (Å²) in [5.74, 6) is 2.65. The lowest BCUT2D eigenvalue weighted by atomic mass is 10.0. The summed E-state index contributed by atoms with van der Waals surface area (Å²) in [6, 6.07) is 21.1. The monoisotopic (exact) mass is 404 g/mol.